The minimum absolute atomic E-state index is 0.0279. The highest BCUT2D eigenvalue weighted by Gasteiger charge is 2.44. The zero-order valence-corrected chi connectivity index (χ0v) is 23.8. The number of unbranched alkanes of at least 4 members (excludes halogenated alkanes) is 11. The van der Waals surface area contributed by atoms with Crippen molar-refractivity contribution in [2.75, 3.05) is 13.2 Å². The lowest BCUT2D eigenvalue weighted by Crippen LogP contribution is -2.45. The summed E-state index contributed by atoms with van der Waals surface area (Å²) in [6.07, 6.45) is 18.0. The van der Waals surface area contributed by atoms with E-state index in [4.69, 9.17) is 29.4 Å². The van der Waals surface area contributed by atoms with E-state index in [1.165, 1.54) is 70.6 Å². The van der Waals surface area contributed by atoms with Gasteiger partial charge < -0.3 is 29.4 Å². The van der Waals surface area contributed by atoms with Crippen molar-refractivity contribution < 1.29 is 23.7 Å². The second-order valence-corrected chi connectivity index (χ2v) is 11.6. The molecule has 0 aromatic heterocycles. The highest BCUT2D eigenvalue weighted by atomic mass is 16.8. The lowest BCUT2D eigenvalue weighted by atomic mass is 10.00. The van der Waals surface area contributed by atoms with E-state index in [1.54, 1.807) is 0 Å². The Morgan fingerprint density at radius 3 is 1.71 bits per heavy atom. The predicted molar refractivity (Wildman–Crippen MR) is 142 cm³/mol. The second-order valence-electron chi connectivity index (χ2n) is 11.6. The van der Waals surface area contributed by atoms with Crippen LogP contribution in [0.3, 0.4) is 0 Å². The molecule has 2 aliphatic heterocycles. The summed E-state index contributed by atoms with van der Waals surface area (Å²) in [5.41, 5.74) is 6.53. The van der Waals surface area contributed by atoms with Crippen LogP contribution >= 0.6 is 0 Å². The summed E-state index contributed by atoms with van der Waals surface area (Å²) in [7, 11) is 0. The van der Waals surface area contributed by atoms with Gasteiger partial charge in [-0.05, 0) is 40.5 Å². The molecule has 6 nitrogen and oxygen atoms in total. The van der Waals surface area contributed by atoms with Crippen LogP contribution in [0.4, 0.5) is 0 Å². The van der Waals surface area contributed by atoms with Gasteiger partial charge in [-0.2, -0.15) is 0 Å². The van der Waals surface area contributed by atoms with Gasteiger partial charge in [-0.25, -0.2) is 0 Å². The molecule has 0 aromatic rings. The number of hydrogen-bond acceptors (Lipinski definition) is 6. The molecule has 2 rings (SSSR count). The van der Waals surface area contributed by atoms with E-state index in [2.05, 4.69) is 13.8 Å². The van der Waals surface area contributed by atoms with Crippen molar-refractivity contribution in [2.45, 2.75) is 173 Å². The van der Waals surface area contributed by atoms with Gasteiger partial charge in [-0.15, -0.1) is 0 Å². The fourth-order valence-electron chi connectivity index (χ4n) is 5.45. The largest absolute Gasteiger partial charge is 0.377 e. The molecule has 0 spiro atoms. The average Bonchev–Trinajstić information content (AvgIpc) is 3.28. The van der Waals surface area contributed by atoms with Crippen molar-refractivity contribution in [3.05, 3.63) is 0 Å². The summed E-state index contributed by atoms with van der Waals surface area (Å²) in [4.78, 5) is 0. The van der Waals surface area contributed by atoms with Gasteiger partial charge in [0.2, 0.25) is 0 Å². The molecule has 35 heavy (non-hydrogen) atoms. The molecule has 208 valence electrons. The molecule has 6 heteroatoms. The molecule has 2 fully saturated rings. The first-order valence-electron chi connectivity index (χ1n) is 14.7. The lowest BCUT2D eigenvalue weighted by molar-refractivity contribution is -0.154. The number of ether oxygens (including phenoxy) is 5. The highest BCUT2D eigenvalue weighted by Crippen LogP contribution is 2.33. The Kier molecular flexibility index (Phi) is 14.1. The van der Waals surface area contributed by atoms with Gasteiger partial charge in [-0.3, -0.25) is 0 Å². The maximum Gasteiger partial charge on any atom is 0.163 e. The summed E-state index contributed by atoms with van der Waals surface area (Å²) >= 11 is 0. The van der Waals surface area contributed by atoms with Crippen LogP contribution in [0.15, 0.2) is 0 Å². The Labute approximate surface area is 216 Å². The topological polar surface area (TPSA) is 72.2 Å². The lowest BCUT2D eigenvalue weighted by Gasteiger charge is -2.24. The molecule has 0 unspecified atom stereocenters. The minimum atomic E-state index is -0.593. The van der Waals surface area contributed by atoms with E-state index in [0.717, 1.165) is 19.3 Å². The molecule has 2 aliphatic rings. The Hall–Kier alpha value is -0.240. The summed E-state index contributed by atoms with van der Waals surface area (Å²) < 4.78 is 30.3. The van der Waals surface area contributed by atoms with Gasteiger partial charge in [0.05, 0.1) is 31.5 Å². The smallest absolute Gasteiger partial charge is 0.163 e. The third-order valence-electron chi connectivity index (χ3n) is 7.27. The third-order valence-corrected chi connectivity index (χ3v) is 7.27. The molecule has 5 atom stereocenters. The fraction of sp³-hybridized carbons (Fsp3) is 1.00. The van der Waals surface area contributed by atoms with Gasteiger partial charge in [0.15, 0.2) is 11.6 Å². The first-order valence-corrected chi connectivity index (χ1v) is 14.7. The van der Waals surface area contributed by atoms with Crippen LogP contribution in [-0.4, -0.2) is 55.2 Å². The monoisotopic (exact) mass is 499 g/mol. The minimum Gasteiger partial charge on any atom is -0.377 e. The molecule has 0 aromatic carbocycles. The van der Waals surface area contributed by atoms with Gasteiger partial charge in [0.25, 0.3) is 0 Å². The standard InChI is InChI=1S/C29H57NO5/c1-7-9-10-11-12-13-14-15-16-17-18-19-20-25-27(35-29(5,6)33-25)23(30)21-31-22-26-24(8-2)32-28(3,4)34-26/h23-27H,7-22,30H2,1-6H3/t23-,24-,25+,26-,27-/m0/s1. The summed E-state index contributed by atoms with van der Waals surface area (Å²) in [6.45, 7) is 13.2. The second kappa shape index (κ2) is 15.9. The molecular weight excluding hydrogens is 442 g/mol. The highest BCUT2D eigenvalue weighted by molar-refractivity contribution is 4.89. The van der Waals surface area contributed by atoms with Crippen molar-refractivity contribution in [1.29, 1.82) is 0 Å². The maximum absolute atomic E-state index is 6.53. The van der Waals surface area contributed by atoms with Gasteiger partial charge in [0, 0.05) is 0 Å². The van der Waals surface area contributed by atoms with Crippen LogP contribution in [0.2, 0.25) is 0 Å². The van der Waals surface area contributed by atoms with Crippen molar-refractivity contribution >= 4 is 0 Å². The average molecular weight is 500 g/mol. The molecule has 0 bridgehead atoms. The van der Waals surface area contributed by atoms with E-state index in [-0.39, 0.29) is 30.5 Å². The Balaban J connectivity index is 1.60. The van der Waals surface area contributed by atoms with Crippen molar-refractivity contribution in [2.24, 2.45) is 5.73 Å². The van der Waals surface area contributed by atoms with Crippen LogP contribution in [0.1, 0.15) is 131 Å². The third kappa shape index (κ3) is 11.8. The Morgan fingerprint density at radius 2 is 1.14 bits per heavy atom. The van der Waals surface area contributed by atoms with E-state index in [9.17, 15) is 0 Å². The first kappa shape index (κ1) is 31.0. The molecule has 2 heterocycles. The quantitative estimate of drug-likeness (QED) is 0.195. The van der Waals surface area contributed by atoms with Crippen LogP contribution in [0, 0.1) is 0 Å². The van der Waals surface area contributed by atoms with Crippen LogP contribution in [0.5, 0.6) is 0 Å². The molecule has 0 aliphatic carbocycles. The van der Waals surface area contributed by atoms with Crippen molar-refractivity contribution in [3.63, 3.8) is 0 Å². The first-order chi connectivity index (χ1) is 16.7. The normalized spacial score (nSPS) is 28.5. The Morgan fingerprint density at radius 1 is 0.657 bits per heavy atom. The van der Waals surface area contributed by atoms with Crippen LogP contribution in [-0.2, 0) is 23.7 Å². The molecule has 2 saturated heterocycles. The summed E-state index contributed by atoms with van der Waals surface area (Å²) in [6, 6.07) is -0.227. The molecular formula is C29H57NO5. The van der Waals surface area contributed by atoms with Gasteiger partial charge in [0.1, 0.15) is 12.2 Å². The summed E-state index contributed by atoms with van der Waals surface area (Å²) in [5, 5.41) is 0. The molecule has 0 radical (unpaired) electrons. The summed E-state index contributed by atoms with van der Waals surface area (Å²) in [5.74, 6) is -1.15. The Bertz CT molecular complexity index is 555. The van der Waals surface area contributed by atoms with Gasteiger partial charge >= 0.3 is 0 Å². The number of nitrogens with two attached hydrogens (primary N) is 1. The van der Waals surface area contributed by atoms with E-state index < -0.39 is 11.6 Å². The zero-order chi connectivity index (χ0) is 25.7. The van der Waals surface area contributed by atoms with Crippen LogP contribution in [0.25, 0.3) is 0 Å². The fourth-order valence-corrected chi connectivity index (χ4v) is 5.45. The molecule has 0 saturated carbocycles. The predicted octanol–water partition coefficient (Wildman–Crippen LogP) is 6.87. The number of rotatable bonds is 19. The van der Waals surface area contributed by atoms with Crippen molar-refractivity contribution in [3.8, 4) is 0 Å². The zero-order valence-electron chi connectivity index (χ0n) is 23.8. The molecule has 2 N–H and O–H groups in total. The van der Waals surface area contributed by atoms with Gasteiger partial charge in [-0.1, -0.05) is 90.9 Å². The van der Waals surface area contributed by atoms with E-state index in [1.807, 2.05) is 27.7 Å². The SMILES string of the molecule is CCCCCCCCCCCCCC[C@H]1OC(C)(C)O[C@H]1[C@@H](N)COC[C@@H]1OC(C)(C)O[C@H]1CC. The van der Waals surface area contributed by atoms with Crippen molar-refractivity contribution in [1.82, 2.24) is 0 Å². The number of hydrogen-bond donors (Lipinski definition) is 1. The van der Waals surface area contributed by atoms with E-state index >= 15 is 0 Å². The van der Waals surface area contributed by atoms with Crippen LogP contribution < -0.4 is 5.73 Å². The van der Waals surface area contributed by atoms with E-state index in [0.29, 0.717) is 13.2 Å². The molecule has 0 amide bonds. The maximum atomic E-state index is 6.53.